The number of nitrogens with zero attached hydrogens (tertiary/aromatic N) is 1. The number of likely N-dealkylation sites (tertiary alicyclic amines) is 1. The molecule has 0 atom stereocenters. The standard InChI is InChI=1S/C23H25N3O3/c1-16(2)15-29-20-10-6-3-7-17(20)21(27)26-13-11-23(12-14-26)22(28)24-18-8-4-5-9-19(18)25-23/h3-10,25H,1,11-15H2,2H3,(H,24,28). The van der Waals surface area contributed by atoms with Crippen LogP contribution in [0.4, 0.5) is 11.4 Å². The number of hydrogen-bond acceptors (Lipinski definition) is 4. The van der Waals surface area contributed by atoms with Gasteiger partial charge in [0.15, 0.2) is 0 Å². The second-order valence-corrected chi connectivity index (χ2v) is 7.74. The summed E-state index contributed by atoms with van der Waals surface area (Å²) < 4.78 is 5.75. The van der Waals surface area contributed by atoms with Gasteiger partial charge in [-0.25, -0.2) is 0 Å². The Hall–Kier alpha value is -3.28. The lowest BCUT2D eigenvalue weighted by Gasteiger charge is -2.44. The van der Waals surface area contributed by atoms with Crippen molar-refractivity contribution in [3.63, 3.8) is 0 Å². The number of ether oxygens (including phenoxy) is 1. The summed E-state index contributed by atoms with van der Waals surface area (Å²) in [6, 6.07) is 14.9. The van der Waals surface area contributed by atoms with Crippen LogP contribution in [0.25, 0.3) is 0 Å². The Kier molecular flexibility index (Phi) is 5.01. The van der Waals surface area contributed by atoms with Gasteiger partial charge < -0.3 is 20.3 Å². The topological polar surface area (TPSA) is 70.7 Å². The van der Waals surface area contributed by atoms with Crippen molar-refractivity contribution in [2.24, 2.45) is 0 Å². The van der Waals surface area contributed by atoms with Crippen LogP contribution in [0.3, 0.4) is 0 Å². The van der Waals surface area contributed by atoms with Gasteiger partial charge in [-0.15, -0.1) is 0 Å². The molecule has 0 unspecified atom stereocenters. The van der Waals surface area contributed by atoms with Crippen LogP contribution >= 0.6 is 0 Å². The molecular weight excluding hydrogens is 366 g/mol. The van der Waals surface area contributed by atoms with Crippen molar-refractivity contribution in [3.05, 3.63) is 66.2 Å². The van der Waals surface area contributed by atoms with Gasteiger partial charge in [0.05, 0.1) is 16.9 Å². The van der Waals surface area contributed by atoms with Gasteiger partial charge in [0, 0.05) is 13.1 Å². The van der Waals surface area contributed by atoms with E-state index in [-0.39, 0.29) is 11.8 Å². The number of carbonyl (C=O) groups excluding carboxylic acids is 2. The number of carbonyl (C=O) groups is 2. The Labute approximate surface area is 170 Å². The number of hydrogen-bond donors (Lipinski definition) is 2. The molecule has 0 radical (unpaired) electrons. The van der Waals surface area contributed by atoms with Crippen molar-refractivity contribution < 1.29 is 14.3 Å². The lowest BCUT2D eigenvalue weighted by molar-refractivity contribution is -0.122. The minimum atomic E-state index is -0.679. The van der Waals surface area contributed by atoms with Gasteiger partial charge in [-0.2, -0.15) is 0 Å². The van der Waals surface area contributed by atoms with Gasteiger partial charge in [0.2, 0.25) is 5.91 Å². The van der Waals surface area contributed by atoms with Crippen molar-refractivity contribution >= 4 is 23.2 Å². The molecular formula is C23H25N3O3. The van der Waals surface area contributed by atoms with E-state index in [4.69, 9.17) is 4.74 Å². The number of para-hydroxylation sites is 3. The number of piperidine rings is 1. The van der Waals surface area contributed by atoms with Crippen LogP contribution in [0.15, 0.2) is 60.7 Å². The highest BCUT2D eigenvalue weighted by atomic mass is 16.5. The number of nitrogens with one attached hydrogen (secondary N) is 2. The van der Waals surface area contributed by atoms with Crippen molar-refractivity contribution in [1.82, 2.24) is 4.90 Å². The Balaban J connectivity index is 1.47. The number of fused-ring (bicyclic) bond motifs is 1. The number of rotatable bonds is 4. The number of anilines is 2. The average molecular weight is 391 g/mol. The SMILES string of the molecule is C=C(C)COc1ccccc1C(=O)N1CCC2(CC1)Nc1ccccc1NC2=O. The first-order valence-corrected chi connectivity index (χ1v) is 9.83. The predicted molar refractivity (Wildman–Crippen MR) is 113 cm³/mol. The molecule has 1 spiro atoms. The molecule has 29 heavy (non-hydrogen) atoms. The van der Waals surface area contributed by atoms with E-state index < -0.39 is 5.54 Å². The molecule has 6 nitrogen and oxygen atoms in total. The molecule has 0 saturated carbocycles. The summed E-state index contributed by atoms with van der Waals surface area (Å²) >= 11 is 0. The second-order valence-electron chi connectivity index (χ2n) is 7.74. The lowest BCUT2D eigenvalue weighted by atomic mass is 9.84. The zero-order valence-corrected chi connectivity index (χ0v) is 16.5. The van der Waals surface area contributed by atoms with E-state index in [2.05, 4.69) is 17.2 Å². The fourth-order valence-electron chi connectivity index (χ4n) is 3.84. The van der Waals surface area contributed by atoms with Crippen molar-refractivity contribution in [1.29, 1.82) is 0 Å². The molecule has 2 aromatic carbocycles. The fraction of sp³-hybridized carbons (Fsp3) is 0.304. The average Bonchev–Trinajstić information content (AvgIpc) is 2.73. The van der Waals surface area contributed by atoms with Crippen LogP contribution in [0.2, 0.25) is 0 Å². The zero-order valence-electron chi connectivity index (χ0n) is 16.5. The van der Waals surface area contributed by atoms with Gasteiger partial charge in [0.1, 0.15) is 17.9 Å². The van der Waals surface area contributed by atoms with Crippen molar-refractivity contribution in [2.45, 2.75) is 25.3 Å². The van der Waals surface area contributed by atoms with Crippen LogP contribution < -0.4 is 15.4 Å². The van der Waals surface area contributed by atoms with E-state index in [1.54, 1.807) is 17.0 Å². The smallest absolute Gasteiger partial charge is 0.257 e. The summed E-state index contributed by atoms with van der Waals surface area (Å²) in [6.45, 7) is 7.09. The highest BCUT2D eigenvalue weighted by Gasteiger charge is 2.45. The van der Waals surface area contributed by atoms with E-state index in [1.807, 2.05) is 43.3 Å². The molecule has 0 aliphatic carbocycles. The normalized spacial score (nSPS) is 17.1. The Morgan fingerprint density at radius 3 is 2.48 bits per heavy atom. The monoisotopic (exact) mass is 391 g/mol. The molecule has 1 saturated heterocycles. The maximum Gasteiger partial charge on any atom is 0.257 e. The van der Waals surface area contributed by atoms with Crippen LogP contribution in [0.1, 0.15) is 30.1 Å². The van der Waals surface area contributed by atoms with Crippen LogP contribution in [-0.4, -0.2) is 41.9 Å². The van der Waals surface area contributed by atoms with Gasteiger partial charge in [-0.1, -0.05) is 30.8 Å². The molecule has 2 amide bonds. The Morgan fingerprint density at radius 1 is 1.10 bits per heavy atom. The summed E-state index contributed by atoms with van der Waals surface area (Å²) in [6.07, 6.45) is 1.10. The molecule has 2 heterocycles. The lowest BCUT2D eigenvalue weighted by Crippen LogP contribution is -2.59. The Morgan fingerprint density at radius 2 is 1.76 bits per heavy atom. The molecule has 0 aromatic heterocycles. The predicted octanol–water partition coefficient (Wildman–Crippen LogP) is 3.68. The number of benzene rings is 2. The van der Waals surface area contributed by atoms with Gasteiger partial charge >= 0.3 is 0 Å². The summed E-state index contributed by atoms with van der Waals surface area (Å²) in [5, 5.41) is 6.42. The molecule has 2 aliphatic rings. The molecule has 6 heteroatoms. The quantitative estimate of drug-likeness (QED) is 0.780. The minimum absolute atomic E-state index is 0.0338. The first-order chi connectivity index (χ1) is 14.0. The van der Waals surface area contributed by atoms with E-state index in [1.165, 1.54) is 0 Å². The van der Waals surface area contributed by atoms with E-state index in [0.717, 1.165) is 16.9 Å². The van der Waals surface area contributed by atoms with Crippen LogP contribution in [0.5, 0.6) is 5.75 Å². The van der Waals surface area contributed by atoms with E-state index in [0.29, 0.717) is 43.9 Å². The summed E-state index contributed by atoms with van der Waals surface area (Å²) in [5.41, 5.74) is 2.47. The largest absolute Gasteiger partial charge is 0.488 e. The third-order valence-corrected chi connectivity index (χ3v) is 5.48. The molecule has 150 valence electrons. The van der Waals surface area contributed by atoms with Gasteiger partial charge in [-0.05, 0) is 49.6 Å². The maximum atomic E-state index is 13.1. The fourth-order valence-corrected chi connectivity index (χ4v) is 3.84. The highest BCUT2D eigenvalue weighted by molar-refractivity contribution is 6.06. The van der Waals surface area contributed by atoms with E-state index in [9.17, 15) is 9.59 Å². The third kappa shape index (κ3) is 3.70. The molecule has 2 aromatic rings. The highest BCUT2D eigenvalue weighted by Crippen LogP contribution is 2.36. The third-order valence-electron chi connectivity index (χ3n) is 5.48. The van der Waals surface area contributed by atoms with Gasteiger partial charge in [0.25, 0.3) is 5.91 Å². The molecule has 0 bridgehead atoms. The van der Waals surface area contributed by atoms with E-state index >= 15 is 0 Å². The van der Waals surface area contributed by atoms with Crippen molar-refractivity contribution in [3.8, 4) is 5.75 Å². The number of amides is 2. The summed E-state index contributed by atoms with van der Waals surface area (Å²) in [7, 11) is 0. The first-order valence-electron chi connectivity index (χ1n) is 9.83. The minimum Gasteiger partial charge on any atom is -0.488 e. The van der Waals surface area contributed by atoms with Crippen LogP contribution in [-0.2, 0) is 4.79 Å². The molecule has 1 fully saturated rings. The first kappa shape index (κ1) is 19.1. The Bertz CT molecular complexity index is 961. The maximum absolute atomic E-state index is 13.1. The zero-order chi connectivity index (χ0) is 20.4. The van der Waals surface area contributed by atoms with Crippen molar-refractivity contribution in [2.75, 3.05) is 30.3 Å². The molecule has 4 rings (SSSR count). The van der Waals surface area contributed by atoms with Gasteiger partial charge in [-0.3, -0.25) is 9.59 Å². The second kappa shape index (κ2) is 7.62. The summed E-state index contributed by atoms with van der Waals surface area (Å²) in [4.78, 5) is 27.7. The molecule has 2 aliphatic heterocycles. The molecule has 2 N–H and O–H groups in total. The summed E-state index contributed by atoms with van der Waals surface area (Å²) in [5.74, 6) is 0.450. The van der Waals surface area contributed by atoms with Crippen LogP contribution in [0, 0.1) is 0 Å².